The van der Waals surface area contributed by atoms with E-state index in [0.29, 0.717) is 6.54 Å². The molecule has 0 saturated carbocycles. The van der Waals surface area contributed by atoms with Crippen LogP contribution in [0.4, 0.5) is 0 Å². The normalized spacial score (nSPS) is 16.2. The van der Waals surface area contributed by atoms with Crippen molar-refractivity contribution in [2.45, 2.75) is 19.9 Å². The summed E-state index contributed by atoms with van der Waals surface area (Å²) in [4.78, 5) is 13.3. The van der Waals surface area contributed by atoms with Crippen LogP contribution in [0.1, 0.15) is 18.9 Å². The molecule has 0 saturated heterocycles. The first-order chi connectivity index (χ1) is 8.74. The molecular weight excluding hydrogens is 224 g/mol. The van der Waals surface area contributed by atoms with Crippen LogP contribution in [0.2, 0.25) is 0 Å². The first-order valence-corrected chi connectivity index (χ1v) is 6.42. The maximum atomic E-state index is 10.9. The summed E-state index contributed by atoms with van der Waals surface area (Å²) in [5.41, 5.74) is 2.56. The van der Waals surface area contributed by atoms with Crippen LogP contribution < -0.4 is 5.32 Å². The molecule has 0 amide bonds. The minimum absolute atomic E-state index is 0.183. The van der Waals surface area contributed by atoms with E-state index in [-0.39, 0.29) is 5.78 Å². The second-order valence-electron chi connectivity index (χ2n) is 4.76. The van der Waals surface area contributed by atoms with E-state index < -0.39 is 0 Å². The highest BCUT2D eigenvalue weighted by Crippen LogP contribution is 2.11. The van der Waals surface area contributed by atoms with Crippen molar-refractivity contribution in [3.8, 4) is 0 Å². The van der Waals surface area contributed by atoms with Crippen molar-refractivity contribution in [1.82, 2.24) is 10.2 Å². The smallest absolute Gasteiger partial charge is 0.148 e. The van der Waals surface area contributed by atoms with Crippen molar-refractivity contribution >= 4 is 5.78 Å². The first-order valence-electron chi connectivity index (χ1n) is 6.42. The molecule has 0 radical (unpaired) electrons. The minimum atomic E-state index is 0.183. The Morgan fingerprint density at radius 3 is 2.72 bits per heavy atom. The van der Waals surface area contributed by atoms with Crippen LogP contribution in [-0.4, -0.2) is 30.3 Å². The highest BCUT2D eigenvalue weighted by molar-refractivity contribution is 5.77. The van der Waals surface area contributed by atoms with Gasteiger partial charge >= 0.3 is 0 Å². The fourth-order valence-corrected chi connectivity index (χ4v) is 2.09. The lowest BCUT2D eigenvalue weighted by Crippen LogP contribution is -2.32. The van der Waals surface area contributed by atoms with E-state index in [9.17, 15) is 4.79 Å². The van der Waals surface area contributed by atoms with Gasteiger partial charge in [0, 0.05) is 25.3 Å². The van der Waals surface area contributed by atoms with Crippen molar-refractivity contribution < 1.29 is 4.79 Å². The summed E-state index contributed by atoms with van der Waals surface area (Å²) in [6.45, 7) is 5.06. The number of nitrogens with one attached hydrogen (secondary N) is 1. The third-order valence-corrected chi connectivity index (χ3v) is 3.11. The van der Waals surface area contributed by atoms with Gasteiger partial charge in [-0.25, -0.2) is 0 Å². The zero-order chi connectivity index (χ0) is 12.8. The summed E-state index contributed by atoms with van der Waals surface area (Å²) in [7, 11) is 0. The quantitative estimate of drug-likeness (QED) is 0.859. The van der Waals surface area contributed by atoms with E-state index in [0.717, 1.165) is 26.1 Å². The number of nitrogens with zero attached hydrogens (tertiary/aromatic N) is 1. The molecule has 1 aromatic rings. The van der Waals surface area contributed by atoms with Crippen LogP contribution >= 0.6 is 0 Å². The fourth-order valence-electron chi connectivity index (χ4n) is 2.09. The van der Waals surface area contributed by atoms with Crippen LogP contribution in [0.15, 0.2) is 42.1 Å². The zero-order valence-corrected chi connectivity index (χ0v) is 10.9. The molecule has 2 rings (SSSR count). The van der Waals surface area contributed by atoms with E-state index in [1.165, 1.54) is 11.3 Å². The first kappa shape index (κ1) is 12.8. The summed E-state index contributed by atoms with van der Waals surface area (Å²) in [6, 6.07) is 10.5. The Kier molecular flexibility index (Phi) is 4.53. The van der Waals surface area contributed by atoms with Gasteiger partial charge in [-0.15, -0.1) is 0 Å². The van der Waals surface area contributed by atoms with E-state index in [2.05, 4.69) is 40.6 Å². The second-order valence-corrected chi connectivity index (χ2v) is 4.76. The molecule has 0 bridgehead atoms. The van der Waals surface area contributed by atoms with Gasteiger partial charge in [-0.1, -0.05) is 36.4 Å². The standard InChI is InChI=1S/C15H20N2O/c1-13(18)11-16-15-7-9-17(10-8-15)12-14-5-3-2-4-6-14/h2-7,16H,8-12H2,1H3. The average molecular weight is 244 g/mol. The summed E-state index contributed by atoms with van der Waals surface area (Å²) in [6.07, 6.45) is 3.19. The van der Waals surface area contributed by atoms with Gasteiger partial charge < -0.3 is 5.32 Å². The lowest BCUT2D eigenvalue weighted by Gasteiger charge is -2.26. The van der Waals surface area contributed by atoms with E-state index in [4.69, 9.17) is 0 Å². The topological polar surface area (TPSA) is 32.3 Å². The maximum absolute atomic E-state index is 10.9. The van der Waals surface area contributed by atoms with E-state index in [1.54, 1.807) is 6.92 Å². The summed E-state index contributed by atoms with van der Waals surface area (Å²) in [5.74, 6) is 0.183. The third kappa shape index (κ3) is 4.00. The Hall–Kier alpha value is -1.61. The molecule has 1 heterocycles. The number of carbonyl (C=O) groups is 1. The number of ketones is 1. The summed E-state index contributed by atoms with van der Waals surface area (Å²) in [5, 5.41) is 3.19. The summed E-state index contributed by atoms with van der Waals surface area (Å²) >= 11 is 0. The van der Waals surface area contributed by atoms with Crippen molar-refractivity contribution in [2.75, 3.05) is 19.6 Å². The lowest BCUT2D eigenvalue weighted by molar-refractivity contribution is -0.116. The lowest BCUT2D eigenvalue weighted by atomic mass is 10.1. The Labute approximate surface area is 108 Å². The molecule has 0 unspecified atom stereocenters. The van der Waals surface area contributed by atoms with Gasteiger partial charge in [0.15, 0.2) is 0 Å². The van der Waals surface area contributed by atoms with Crippen molar-refractivity contribution in [3.63, 3.8) is 0 Å². The predicted octanol–water partition coefficient (Wildman–Crippen LogP) is 1.95. The number of carbonyl (C=O) groups excluding carboxylic acids is 1. The SMILES string of the molecule is CC(=O)CNC1=CCN(Cc2ccccc2)CC1. The molecule has 96 valence electrons. The highest BCUT2D eigenvalue weighted by Gasteiger charge is 2.11. The van der Waals surface area contributed by atoms with Crippen molar-refractivity contribution in [2.24, 2.45) is 0 Å². The molecule has 0 aliphatic carbocycles. The maximum Gasteiger partial charge on any atom is 0.148 e. The number of rotatable bonds is 5. The van der Waals surface area contributed by atoms with Crippen molar-refractivity contribution in [1.29, 1.82) is 0 Å². The Bertz CT molecular complexity index is 425. The number of hydrogen-bond donors (Lipinski definition) is 1. The molecule has 0 spiro atoms. The molecule has 1 aliphatic heterocycles. The van der Waals surface area contributed by atoms with Gasteiger partial charge in [0.25, 0.3) is 0 Å². The second kappa shape index (κ2) is 6.36. The summed E-state index contributed by atoms with van der Waals surface area (Å²) < 4.78 is 0. The average Bonchev–Trinajstić information content (AvgIpc) is 2.39. The largest absolute Gasteiger partial charge is 0.381 e. The molecule has 3 heteroatoms. The van der Waals surface area contributed by atoms with E-state index >= 15 is 0 Å². The fraction of sp³-hybridized carbons (Fsp3) is 0.400. The minimum Gasteiger partial charge on any atom is -0.381 e. The predicted molar refractivity (Wildman–Crippen MR) is 73.1 cm³/mol. The Balaban J connectivity index is 1.81. The zero-order valence-electron chi connectivity index (χ0n) is 10.9. The van der Waals surface area contributed by atoms with Crippen LogP contribution in [0.5, 0.6) is 0 Å². The molecule has 1 aliphatic rings. The van der Waals surface area contributed by atoms with Crippen LogP contribution in [-0.2, 0) is 11.3 Å². The molecule has 3 nitrogen and oxygen atoms in total. The van der Waals surface area contributed by atoms with Gasteiger partial charge in [-0.3, -0.25) is 9.69 Å². The number of Topliss-reactive ketones (excluding diaryl/α,β-unsaturated/α-hetero) is 1. The molecule has 0 atom stereocenters. The number of benzene rings is 1. The molecule has 0 aromatic heterocycles. The van der Waals surface area contributed by atoms with Crippen LogP contribution in [0, 0.1) is 0 Å². The van der Waals surface area contributed by atoms with Gasteiger partial charge in [0.1, 0.15) is 5.78 Å². The highest BCUT2D eigenvalue weighted by atomic mass is 16.1. The number of hydrogen-bond acceptors (Lipinski definition) is 3. The Morgan fingerprint density at radius 2 is 2.11 bits per heavy atom. The molecule has 18 heavy (non-hydrogen) atoms. The Morgan fingerprint density at radius 1 is 1.33 bits per heavy atom. The van der Waals surface area contributed by atoms with E-state index in [1.807, 2.05) is 6.07 Å². The van der Waals surface area contributed by atoms with Gasteiger partial charge in [0.2, 0.25) is 0 Å². The van der Waals surface area contributed by atoms with Crippen LogP contribution in [0.3, 0.4) is 0 Å². The van der Waals surface area contributed by atoms with Gasteiger partial charge in [-0.2, -0.15) is 0 Å². The monoisotopic (exact) mass is 244 g/mol. The molecule has 1 N–H and O–H groups in total. The van der Waals surface area contributed by atoms with Gasteiger partial charge in [0.05, 0.1) is 6.54 Å². The molecule has 0 fully saturated rings. The van der Waals surface area contributed by atoms with Gasteiger partial charge in [-0.05, 0) is 18.9 Å². The third-order valence-electron chi connectivity index (χ3n) is 3.11. The molecular formula is C15H20N2O. The molecule has 1 aromatic carbocycles. The van der Waals surface area contributed by atoms with Crippen LogP contribution in [0.25, 0.3) is 0 Å². The van der Waals surface area contributed by atoms with Crippen molar-refractivity contribution in [3.05, 3.63) is 47.7 Å².